The lowest BCUT2D eigenvalue weighted by Crippen LogP contribution is -2.53. The van der Waals surface area contributed by atoms with Crippen molar-refractivity contribution in [3.8, 4) is 6.07 Å². The zero-order valence-corrected chi connectivity index (χ0v) is 12.0. The Morgan fingerprint density at radius 3 is 2.50 bits per heavy atom. The largest absolute Gasteiger partial charge is 0.303 e. The lowest BCUT2D eigenvalue weighted by atomic mass is 9.88. The van der Waals surface area contributed by atoms with Crippen molar-refractivity contribution < 1.29 is 0 Å². The number of benzene rings is 1. The summed E-state index contributed by atoms with van der Waals surface area (Å²) >= 11 is 0. The molecule has 106 valence electrons. The molecule has 20 heavy (non-hydrogen) atoms. The first kappa shape index (κ1) is 13.6. The molecule has 0 bridgehead atoms. The summed E-state index contributed by atoms with van der Waals surface area (Å²) in [5, 5.41) is 13.0. The van der Waals surface area contributed by atoms with E-state index in [9.17, 15) is 5.26 Å². The van der Waals surface area contributed by atoms with E-state index in [4.69, 9.17) is 0 Å². The Kier molecular flexibility index (Phi) is 4.05. The molecule has 2 fully saturated rings. The predicted molar refractivity (Wildman–Crippen MR) is 80.3 cm³/mol. The van der Waals surface area contributed by atoms with Gasteiger partial charge in [0.1, 0.15) is 5.54 Å². The Labute approximate surface area is 121 Å². The van der Waals surface area contributed by atoms with Crippen LogP contribution in [0.2, 0.25) is 0 Å². The fraction of sp³-hybridized carbons (Fsp3) is 0.588. The third-order valence-corrected chi connectivity index (χ3v) is 4.54. The fourth-order valence-electron chi connectivity index (χ4n) is 3.00. The maximum absolute atomic E-state index is 9.48. The first-order valence-corrected chi connectivity index (χ1v) is 7.75. The van der Waals surface area contributed by atoms with Crippen molar-refractivity contribution in [2.24, 2.45) is 0 Å². The Morgan fingerprint density at radius 1 is 1.20 bits per heavy atom. The van der Waals surface area contributed by atoms with Gasteiger partial charge >= 0.3 is 0 Å². The topological polar surface area (TPSA) is 39.1 Å². The quantitative estimate of drug-likeness (QED) is 0.892. The molecule has 3 nitrogen and oxygen atoms in total. The molecule has 1 aromatic rings. The summed E-state index contributed by atoms with van der Waals surface area (Å²) < 4.78 is 0. The van der Waals surface area contributed by atoms with Gasteiger partial charge in [-0.1, -0.05) is 30.3 Å². The third-order valence-electron chi connectivity index (χ3n) is 4.54. The Bertz CT molecular complexity index is 465. The maximum Gasteiger partial charge on any atom is 0.109 e. The number of rotatable bonds is 5. The summed E-state index contributed by atoms with van der Waals surface area (Å²) in [7, 11) is 0. The predicted octanol–water partition coefficient (Wildman–Crippen LogP) is 2.34. The zero-order valence-electron chi connectivity index (χ0n) is 12.0. The molecule has 0 radical (unpaired) electrons. The molecular weight excluding hydrogens is 246 g/mol. The van der Waals surface area contributed by atoms with Crippen molar-refractivity contribution in [1.82, 2.24) is 10.2 Å². The van der Waals surface area contributed by atoms with Crippen molar-refractivity contribution >= 4 is 0 Å². The van der Waals surface area contributed by atoms with Crippen molar-refractivity contribution in [2.45, 2.75) is 43.7 Å². The second-order valence-corrected chi connectivity index (χ2v) is 6.19. The van der Waals surface area contributed by atoms with Gasteiger partial charge in [0.15, 0.2) is 0 Å². The highest BCUT2D eigenvalue weighted by molar-refractivity contribution is 5.15. The van der Waals surface area contributed by atoms with Crippen LogP contribution in [0.1, 0.15) is 31.2 Å². The second-order valence-electron chi connectivity index (χ2n) is 6.19. The van der Waals surface area contributed by atoms with Gasteiger partial charge in [0, 0.05) is 25.7 Å². The minimum absolute atomic E-state index is 0.246. The van der Waals surface area contributed by atoms with E-state index in [0.29, 0.717) is 6.04 Å². The van der Waals surface area contributed by atoms with Crippen LogP contribution in [0.4, 0.5) is 0 Å². The molecule has 0 atom stereocenters. The minimum atomic E-state index is -0.246. The molecule has 0 unspecified atom stereocenters. The van der Waals surface area contributed by atoms with E-state index in [-0.39, 0.29) is 5.54 Å². The van der Waals surface area contributed by atoms with Crippen LogP contribution in [-0.4, -0.2) is 36.1 Å². The summed E-state index contributed by atoms with van der Waals surface area (Å²) in [6.45, 7) is 3.19. The van der Waals surface area contributed by atoms with Crippen molar-refractivity contribution in [2.75, 3.05) is 19.6 Å². The van der Waals surface area contributed by atoms with Crippen LogP contribution in [-0.2, 0) is 6.42 Å². The molecule has 1 saturated heterocycles. The average molecular weight is 269 g/mol. The normalized spacial score (nSPS) is 22.4. The van der Waals surface area contributed by atoms with Crippen molar-refractivity contribution in [3.05, 3.63) is 35.9 Å². The fourth-order valence-corrected chi connectivity index (χ4v) is 3.00. The number of nitrogens with zero attached hydrogens (tertiary/aromatic N) is 2. The molecule has 0 amide bonds. The molecule has 3 rings (SSSR count). The van der Waals surface area contributed by atoms with Crippen molar-refractivity contribution in [3.63, 3.8) is 0 Å². The van der Waals surface area contributed by atoms with Gasteiger partial charge in [-0.2, -0.15) is 5.26 Å². The van der Waals surface area contributed by atoms with Crippen LogP contribution >= 0.6 is 0 Å². The van der Waals surface area contributed by atoms with Crippen LogP contribution in [0.15, 0.2) is 30.3 Å². The molecule has 1 heterocycles. The maximum atomic E-state index is 9.48. The van der Waals surface area contributed by atoms with Gasteiger partial charge in [0.25, 0.3) is 0 Å². The van der Waals surface area contributed by atoms with Crippen LogP contribution in [0.25, 0.3) is 0 Å². The number of nitrogens with one attached hydrogen (secondary N) is 1. The molecule has 0 spiro atoms. The van der Waals surface area contributed by atoms with E-state index in [1.165, 1.54) is 18.4 Å². The molecule has 0 aromatic heterocycles. The van der Waals surface area contributed by atoms with Gasteiger partial charge in [-0.3, -0.25) is 5.32 Å². The average Bonchev–Trinajstić information content (AvgIpc) is 3.31. The van der Waals surface area contributed by atoms with Gasteiger partial charge in [-0.25, -0.2) is 0 Å². The van der Waals surface area contributed by atoms with E-state index in [0.717, 1.165) is 38.9 Å². The van der Waals surface area contributed by atoms with Crippen molar-refractivity contribution in [1.29, 1.82) is 5.26 Å². The molecule has 1 saturated carbocycles. The van der Waals surface area contributed by atoms with Crippen LogP contribution in [0, 0.1) is 11.3 Å². The van der Waals surface area contributed by atoms with Gasteiger partial charge in [-0.15, -0.1) is 0 Å². The highest BCUT2D eigenvalue weighted by Crippen LogP contribution is 2.28. The molecular formula is C17H23N3. The number of hydrogen-bond acceptors (Lipinski definition) is 3. The summed E-state index contributed by atoms with van der Waals surface area (Å²) in [6, 6.07) is 13.8. The van der Waals surface area contributed by atoms with Gasteiger partial charge in [-0.05, 0) is 37.7 Å². The van der Waals surface area contributed by atoms with E-state index < -0.39 is 0 Å². The van der Waals surface area contributed by atoms with E-state index in [1.54, 1.807) is 0 Å². The number of nitriles is 1. The molecule has 1 aliphatic heterocycles. The van der Waals surface area contributed by atoms with Gasteiger partial charge < -0.3 is 4.90 Å². The first-order chi connectivity index (χ1) is 9.80. The Morgan fingerprint density at radius 2 is 1.90 bits per heavy atom. The molecule has 1 aromatic carbocycles. The lowest BCUT2D eigenvalue weighted by molar-refractivity contribution is 0.167. The van der Waals surface area contributed by atoms with E-state index in [2.05, 4.69) is 46.6 Å². The van der Waals surface area contributed by atoms with E-state index >= 15 is 0 Å². The van der Waals surface area contributed by atoms with Gasteiger partial charge in [0.2, 0.25) is 0 Å². The zero-order chi connectivity index (χ0) is 13.8. The molecule has 3 heteroatoms. The number of piperidine rings is 1. The molecule has 2 aliphatic rings. The highest BCUT2D eigenvalue weighted by atomic mass is 15.2. The smallest absolute Gasteiger partial charge is 0.109 e. The second kappa shape index (κ2) is 5.95. The number of hydrogen-bond donors (Lipinski definition) is 1. The standard InChI is InChI=1S/C17H23N3/c18-14-17(19-16-6-7-16)9-12-20(13-10-17)11-8-15-4-2-1-3-5-15/h1-5,16,19H,6-13H2. The summed E-state index contributed by atoms with van der Waals surface area (Å²) in [5.74, 6) is 0. The molecule has 1 aliphatic carbocycles. The third kappa shape index (κ3) is 3.39. The number of likely N-dealkylation sites (tertiary alicyclic amines) is 1. The summed E-state index contributed by atoms with van der Waals surface area (Å²) in [4.78, 5) is 2.50. The summed E-state index contributed by atoms with van der Waals surface area (Å²) in [6.07, 6.45) is 5.54. The first-order valence-electron chi connectivity index (χ1n) is 7.75. The monoisotopic (exact) mass is 269 g/mol. The van der Waals surface area contributed by atoms with Crippen LogP contribution in [0.3, 0.4) is 0 Å². The summed E-state index contributed by atoms with van der Waals surface area (Å²) in [5.41, 5.74) is 1.16. The van der Waals surface area contributed by atoms with Crippen LogP contribution in [0.5, 0.6) is 0 Å². The minimum Gasteiger partial charge on any atom is -0.303 e. The Balaban J connectivity index is 1.47. The molecule has 1 N–H and O–H groups in total. The highest BCUT2D eigenvalue weighted by Gasteiger charge is 2.38. The van der Waals surface area contributed by atoms with Gasteiger partial charge in [0.05, 0.1) is 6.07 Å². The Hall–Kier alpha value is -1.37. The SMILES string of the molecule is N#CC1(NC2CC2)CCN(CCc2ccccc2)CC1. The van der Waals surface area contributed by atoms with E-state index in [1.807, 2.05) is 0 Å². The lowest BCUT2D eigenvalue weighted by Gasteiger charge is -2.38. The van der Waals surface area contributed by atoms with Crippen LogP contribution < -0.4 is 5.32 Å².